The molecule has 1 atom stereocenters. The normalized spacial score (nSPS) is 12.0. The van der Waals surface area contributed by atoms with Crippen molar-refractivity contribution in [2.45, 2.75) is 24.2 Å². The maximum atomic E-state index is 11.3. The number of aromatic nitrogens is 2. The van der Waals surface area contributed by atoms with Gasteiger partial charge in [-0.05, 0) is 18.2 Å². The lowest BCUT2D eigenvalue weighted by Gasteiger charge is -2.14. The molecule has 0 radical (unpaired) electrons. The van der Waals surface area contributed by atoms with Crippen molar-refractivity contribution in [1.82, 2.24) is 15.3 Å². The van der Waals surface area contributed by atoms with Crippen molar-refractivity contribution in [3.8, 4) is 0 Å². The van der Waals surface area contributed by atoms with Crippen LogP contribution in [0.5, 0.6) is 0 Å². The number of carboxylic acid groups (broad SMARTS) is 1. The van der Waals surface area contributed by atoms with Gasteiger partial charge in [-0.25, -0.2) is 9.97 Å². The van der Waals surface area contributed by atoms with E-state index in [4.69, 9.17) is 0 Å². The van der Waals surface area contributed by atoms with E-state index in [9.17, 15) is 9.90 Å². The average molecular weight is 303 g/mol. The molecule has 1 heterocycles. The molecule has 0 spiro atoms. The van der Waals surface area contributed by atoms with Crippen LogP contribution in [0.25, 0.3) is 0 Å². The van der Waals surface area contributed by atoms with E-state index in [-0.39, 0.29) is 0 Å². The Morgan fingerprint density at radius 1 is 1.24 bits per heavy atom. The molecule has 2 N–H and O–H groups in total. The van der Waals surface area contributed by atoms with Gasteiger partial charge in [0.15, 0.2) is 5.16 Å². The molecule has 2 rings (SSSR count). The molecule has 110 valence electrons. The molecule has 1 aromatic carbocycles. The Morgan fingerprint density at radius 3 is 2.48 bits per heavy atom. The van der Waals surface area contributed by atoms with E-state index >= 15 is 0 Å². The third kappa shape index (κ3) is 4.84. The second kappa shape index (κ2) is 7.75. The summed E-state index contributed by atoms with van der Waals surface area (Å²) in [7, 11) is 0. The SMILES string of the molecule is CSc1ncc(CN[C@@H](Cc2ccccc2)C(=O)O)cn1. The molecule has 0 fully saturated rings. The van der Waals surface area contributed by atoms with Crippen LogP contribution in [0.1, 0.15) is 11.1 Å². The summed E-state index contributed by atoms with van der Waals surface area (Å²) in [5.41, 5.74) is 1.86. The molecule has 0 saturated carbocycles. The summed E-state index contributed by atoms with van der Waals surface area (Å²) in [4.78, 5) is 19.7. The van der Waals surface area contributed by atoms with Crippen LogP contribution >= 0.6 is 11.8 Å². The van der Waals surface area contributed by atoms with Crippen LogP contribution in [0.4, 0.5) is 0 Å². The molecular weight excluding hydrogens is 286 g/mol. The molecule has 0 bridgehead atoms. The Morgan fingerprint density at radius 2 is 1.90 bits per heavy atom. The lowest BCUT2D eigenvalue weighted by molar-refractivity contribution is -0.139. The van der Waals surface area contributed by atoms with Crippen LogP contribution in [0.15, 0.2) is 47.9 Å². The summed E-state index contributed by atoms with van der Waals surface area (Å²) >= 11 is 1.47. The minimum absolute atomic E-state index is 0.429. The Balaban J connectivity index is 1.95. The van der Waals surface area contributed by atoms with E-state index in [0.29, 0.717) is 18.1 Å². The predicted octanol–water partition coefficient (Wildman–Crippen LogP) is 1.98. The van der Waals surface area contributed by atoms with Crippen LogP contribution < -0.4 is 5.32 Å². The molecule has 0 unspecified atom stereocenters. The van der Waals surface area contributed by atoms with Crippen molar-refractivity contribution < 1.29 is 9.90 Å². The highest BCUT2D eigenvalue weighted by Gasteiger charge is 2.17. The molecule has 0 amide bonds. The van der Waals surface area contributed by atoms with E-state index in [2.05, 4.69) is 15.3 Å². The largest absolute Gasteiger partial charge is 0.480 e. The average Bonchev–Trinajstić information content (AvgIpc) is 2.52. The van der Waals surface area contributed by atoms with Gasteiger partial charge in [-0.3, -0.25) is 10.1 Å². The van der Waals surface area contributed by atoms with Crippen molar-refractivity contribution in [3.05, 3.63) is 53.9 Å². The summed E-state index contributed by atoms with van der Waals surface area (Å²) in [5.74, 6) is -0.861. The Kier molecular flexibility index (Phi) is 5.71. The maximum absolute atomic E-state index is 11.3. The molecule has 0 aliphatic carbocycles. The second-order valence-corrected chi connectivity index (χ2v) is 5.31. The lowest BCUT2D eigenvalue weighted by Crippen LogP contribution is -2.38. The summed E-state index contributed by atoms with van der Waals surface area (Å²) in [5, 5.41) is 13.0. The number of aliphatic carboxylic acids is 1. The highest BCUT2D eigenvalue weighted by atomic mass is 32.2. The number of carbonyl (C=O) groups is 1. The highest BCUT2D eigenvalue weighted by Crippen LogP contribution is 2.08. The molecular formula is C15H17N3O2S. The number of thioether (sulfide) groups is 1. The van der Waals surface area contributed by atoms with Gasteiger partial charge in [0, 0.05) is 24.5 Å². The fourth-order valence-corrected chi connectivity index (χ4v) is 2.19. The van der Waals surface area contributed by atoms with Crippen LogP contribution in [0.2, 0.25) is 0 Å². The number of rotatable bonds is 7. The minimum Gasteiger partial charge on any atom is -0.480 e. The van der Waals surface area contributed by atoms with Gasteiger partial charge >= 0.3 is 5.97 Å². The minimum atomic E-state index is -0.861. The first-order valence-corrected chi connectivity index (χ1v) is 7.76. The first-order chi connectivity index (χ1) is 10.2. The van der Waals surface area contributed by atoms with E-state index < -0.39 is 12.0 Å². The van der Waals surface area contributed by atoms with Crippen LogP contribution in [-0.2, 0) is 17.8 Å². The monoisotopic (exact) mass is 303 g/mol. The number of hydrogen-bond acceptors (Lipinski definition) is 5. The van der Waals surface area contributed by atoms with Gasteiger partial charge in [0.05, 0.1) is 0 Å². The zero-order valence-electron chi connectivity index (χ0n) is 11.7. The lowest BCUT2D eigenvalue weighted by atomic mass is 10.1. The van der Waals surface area contributed by atoms with Crippen molar-refractivity contribution in [1.29, 1.82) is 0 Å². The van der Waals surface area contributed by atoms with Crippen LogP contribution in [0.3, 0.4) is 0 Å². The molecule has 2 aromatic rings. The summed E-state index contributed by atoms with van der Waals surface area (Å²) in [6, 6.07) is 8.94. The zero-order chi connectivity index (χ0) is 15.1. The van der Waals surface area contributed by atoms with Crippen LogP contribution in [0, 0.1) is 0 Å². The second-order valence-electron chi connectivity index (χ2n) is 4.54. The number of nitrogens with one attached hydrogen (secondary N) is 1. The van der Waals surface area contributed by atoms with E-state index in [0.717, 1.165) is 11.1 Å². The number of benzene rings is 1. The Labute approximate surface area is 127 Å². The molecule has 0 aliphatic rings. The topological polar surface area (TPSA) is 75.1 Å². The summed E-state index contributed by atoms with van der Waals surface area (Å²) < 4.78 is 0. The van der Waals surface area contributed by atoms with Gasteiger partial charge in [-0.1, -0.05) is 42.1 Å². The molecule has 1 aromatic heterocycles. The quantitative estimate of drug-likeness (QED) is 0.602. The van der Waals surface area contributed by atoms with Crippen molar-refractivity contribution in [2.24, 2.45) is 0 Å². The Hall–Kier alpha value is -1.92. The molecule has 5 nitrogen and oxygen atoms in total. The number of nitrogens with zero attached hydrogens (tertiary/aromatic N) is 2. The summed E-state index contributed by atoms with van der Waals surface area (Å²) in [6.45, 7) is 0.429. The van der Waals surface area contributed by atoms with Gasteiger partial charge < -0.3 is 5.11 Å². The van der Waals surface area contributed by atoms with E-state index in [1.54, 1.807) is 12.4 Å². The van der Waals surface area contributed by atoms with Gasteiger partial charge in [0.1, 0.15) is 6.04 Å². The molecule has 6 heteroatoms. The van der Waals surface area contributed by atoms with Gasteiger partial charge in [0.25, 0.3) is 0 Å². The van der Waals surface area contributed by atoms with Gasteiger partial charge in [0.2, 0.25) is 0 Å². The van der Waals surface area contributed by atoms with Crippen molar-refractivity contribution in [2.75, 3.05) is 6.26 Å². The molecule has 0 aliphatic heterocycles. The number of hydrogen-bond donors (Lipinski definition) is 2. The zero-order valence-corrected chi connectivity index (χ0v) is 12.5. The molecule has 0 saturated heterocycles. The number of carboxylic acids is 1. The predicted molar refractivity (Wildman–Crippen MR) is 82.2 cm³/mol. The standard InChI is InChI=1S/C15H17N3O2S/c1-21-15-17-9-12(10-18-15)8-16-13(14(19)20)7-11-5-3-2-4-6-11/h2-6,9-10,13,16H,7-8H2,1H3,(H,19,20)/t13-/m0/s1. The van der Waals surface area contributed by atoms with Crippen LogP contribution in [-0.4, -0.2) is 33.3 Å². The van der Waals surface area contributed by atoms with Crippen molar-refractivity contribution in [3.63, 3.8) is 0 Å². The van der Waals surface area contributed by atoms with E-state index in [1.165, 1.54) is 11.8 Å². The fraction of sp³-hybridized carbons (Fsp3) is 0.267. The first kappa shape index (κ1) is 15.5. The first-order valence-electron chi connectivity index (χ1n) is 6.54. The van der Waals surface area contributed by atoms with Gasteiger partial charge in [-0.15, -0.1) is 0 Å². The Bertz CT molecular complexity index is 575. The van der Waals surface area contributed by atoms with E-state index in [1.807, 2.05) is 36.6 Å². The maximum Gasteiger partial charge on any atom is 0.321 e. The summed E-state index contributed by atoms with van der Waals surface area (Å²) in [6.07, 6.45) is 5.79. The van der Waals surface area contributed by atoms with Gasteiger partial charge in [-0.2, -0.15) is 0 Å². The fourth-order valence-electron chi connectivity index (χ4n) is 1.88. The highest BCUT2D eigenvalue weighted by molar-refractivity contribution is 7.98. The molecule has 21 heavy (non-hydrogen) atoms. The third-order valence-corrected chi connectivity index (χ3v) is 3.57. The van der Waals surface area contributed by atoms with Crippen molar-refractivity contribution >= 4 is 17.7 Å². The third-order valence-electron chi connectivity index (χ3n) is 3.00. The smallest absolute Gasteiger partial charge is 0.321 e.